The van der Waals surface area contributed by atoms with Crippen molar-refractivity contribution >= 4 is 11.8 Å². The largest absolute Gasteiger partial charge is 0.497 e. The van der Waals surface area contributed by atoms with Gasteiger partial charge in [-0.2, -0.15) is 0 Å². The molecule has 178 valence electrons. The van der Waals surface area contributed by atoms with Crippen molar-refractivity contribution in [1.29, 1.82) is 0 Å². The highest BCUT2D eigenvalue weighted by Crippen LogP contribution is 2.49. The number of methoxy groups -OCH3 is 2. The number of carbonyl (C=O) groups excluding carboxylic acids is 2. The van der Waals surface area contributed by atoms with E-state index >= 15 is 0 Å². The molecule has 1 aliphatic heterocycles. The standard InChI is InChI=1S/C27H35NO5/c1-16-23(26(30)33-17-9-7-6-8-10-17)24(19-12-11-18(31-4)13-22(19)32-5)25-20(28-16)14-27(2,3)15-21(25)29/h11-13,17,24,28H,6-10,14-15H2,1-5H3/t24-/m0/s1. The SMILES string of the molecule is COc1ccc([C@H]2C(C(=O)OC3CCCCC3)=C(C)NC3=C2C(=O)CC(C)(C)C3)c(OC)c1. The zero-order chi connectivity index (χ0) is 23.8. The van der Waals surface area contributed by atoms with Gasteiger partial charge < -0.3 is 19.5 Å². The molecule has 1 heterocycles. The maximum Gasteiger partial charge on any atom is 0.337 e. The number of esters is 1. The lowest BCUT2D eigenvalue weighted by atomic mass is 9.68. The molecule has 1 saturated carbocycles. The first-order valence-electron chi connectivity index (χ1n) is 11.9. The van der Waals surface area contributed by atoms with Gasteiger partial charge in [0.25, 0.3) is 0 Å². The lowest BCUT2D eigenvalue weighted by Gasteiger charge is -2.40. The summed E-state index contributed by atoms with van der Waals surface area (Å²) in [6, 6.07) is 5.54. The summed E-state index contributed by atoms with van der Waals surface area (Å²) in [5, 5.41) is 3.40. The molecule has 6 heteroatoms. The van der Waals surface area contributed by atoms with Crippen LogP contribution in [0.15, 0.2) is 40.7 Å². The van der Waals surface area contributed by atoms with Gasteiger partial charge in [-0.15, -0.1) is 0 Å². The third kappa shape index (κ3) is 4.66. The van der Waals surface area contributed by atoms with Crippen LogP contribution in [0.4, 0.5) is 0 Å². The van der Waals surface area contributed by atoms with E-state index in [-0.39, 0.29) is 23.3 Å². The predicted molar refractivity (Wildman–Crippen MR) is 126 cm³/mol. The number of dihydropyridines is 1. The molecule has 2 aliphatic carbocycles. The Kier molecular flexibility index (Phi) is 6.55. The van der Waals surface area contributed by atoms with E-state index in [1.54, 1.807) is 20.3 Å². The van der Waals surface area contributed by atoms with Gasteiger partial charge in [0, 0.05) is 35.0 Å². The van der Waals surface area contributed by atoms with Gasteiger partial charge >= 0.3 is 5.97 Å². The Balaban J connectivity index is 1.81. The fraction of sp³-hybridized carbons (Fsp3) is 0.556. The smallest absolute Gasteiger partial charge is 0.337 e. The topological polar surface area (TPSA) is 73.9 Å². The highest BCUT2D eigenvalue weighted by molar-refractivity contribution is 6.04. The number of Topliss-reactive ketones (excluding diaryl/α,β-unsaturated/α-hetero) is 1. The fourth-order valence-electron chi connectivity index (χ4n) is 5.47. The second-order valence-corrected chi connectivity index (χ2v) is 10.2. The molecule has 1 aromatic carbocycles. The number of allylic oxidation sites excluding steroid dienone is 3. The molecular weight excluding hydrogens is 418 g/mol. The summed E-state index contributed by atoms with van der Waals surface area (Å²) in [6.45, 7) is 6.10. The number of rotatable bonds is 5. The summed E-state index contributed by atoms with van der Waals surface area (Å²) in [5.41, 5.74) is 3.41. The van der Waals surface area contributed by atoms with Crippen LogP contribution in [0.5, 0.6) is 11.5 Å². The molecule has 1 N–H and O–H groups in total. The fourth-order valence-corrected chi connectivity index (χ4v) is 5.47. The molecule has 0 unspecified atom stereocenters. The average molecular weight is 454 g/mol. The van der Waals surface area contributed by atoms with Crippen LogP contribution in [0.1, 0.15) is 77.2 Å². The molecular formula is C27H35NO5. The first-order valence-corrected chi connectivity index (χ1v) is 11.9. The summed E-state index contributed by atoms with van der Waals surface area (Å²) in [7, 11) is 3.19. The van der Waals surface area contributed by atoms with E-state index in [2.05, 4.69) is 19.2 Å². The minimum atomic E-state index is -0.540. The molecule has 0 aromatic heterocycles. The number of benzene rings is 1. The third-order valence-corrected chi connectivity index (χ3v) is 7.04. The maximum atomic E-state index is 13.6. The van der Waals surface area contributed by atoms with Gasteiger partial charge in [0.2, 0.25) is 0 Å². The van der Waals surface area contributed by atoms with Gasteiger partial charge in [-0.1, -0.05) is 26.3 Å². The molecule has 6 nitrogen and oxygen atoms in total. The van der Waals surface area contributed by atoms with E-state index < -0.39 is 5.92 Å². The highest BCUT2D eigenvalue weighted by Gasteiger charge is 2.44. The number of hydrogen-bond donors (Lipinski definition) is 1. The number of hydrogen-bond acceptors (Lipinski definition) is 6. The molecule has 0 saturated heterocycles. The van der Waals surface area contributed by atoms with Crippen molar-refractivity contribution in [2.75, 3.05) is 14.2 Å². The summed E-state index contributed by atoms with van der Waals surface area (Å²) < 4.78 is 17.1. The first-order chi connectivity index (χ1) is 15.7. The van der Waals surface area contributed by atoms with Gasteiger partial charge in [-0.3, -0.25) is 4.79 Å². The molecule has 3 aliphatic rings. The minimum Gasteiger partial charge on any atom is -0.497 e. The lowest BCUT2D eigenvalue weighted by molar-refractivity contribution is -0.146. The second kappa shape index (κ2) is 9.24. The van der Waals surface area contributed by atoms with Gasteiger partial charge in [0.15, 0.2) is 5.78 Å². The van der Waals surface area contributed by atoms with Crippen molar-refractivity contribution in [2.24, 2.45) is 5.41 Å². The van der Waals surface area contributed by atoms with Crippen LogP contribution >= 0.6 is 0 Å². The van der Waals surface area contributed by atoms with Crippen molar-refractivity contribution in [3.63, 3.8) is 0 Å². The molecule has 1 atom stereocenters. The second-order valence-electron chi connectivity index (χ2n) is 10.2. The summed E-state index contributed by atoms with van der Waals surface area (Å²) >= 11 is 0. The average Bonchev–Trinajstić information content (AvgIpc) is 2.77. The minimum absolute atomic E-state index is 0.0621. The molecule has 1 fully saturated rings. The van der Waals surface area contributed by atoms with Crippen molar-refractivity contribution < 1.29 is 23.8 Å². The first kappa shape index (κ1) is 23.4. The van der Waals surface area contributed by atoms with Crippen LogP contribution in [-0.2, 0) is 14.3 Å². The van der Waals surface area contributed by atoms with E-state index in [9.17, 15) is 9.59 Å². The quantitative estimate of drug-likeness (QED) is 0.619. The van der Waals surface area contributed by atoms with Crippen LogP contribution in [0, 0.1) is 5.41 Å². The zero-order valence-corrected chi connectivity index (χ0v) is 20.4. The molecule has 0 radical (unpaired) electrons. The van der Waals surface area contributed by atoms with Gasteiger partial charge in [0.1, 0.15) is 17.6 Å². The van der Waals surface area contributed by atoms with E-state index in [1.165, 1.54) is 6.42 Å². The van der Waals surface area contributed by atoms with E-state index in [0.717, 1.165) is 49.1 Å². The number of carbonyl (C=O) groups is 2. The van der Waals surface area contributed by atoms with E-state index in [0.29, 0.717) is 29.1 Å². The Labute approximate surface area is 196 Å². The highest BCUT2D eigenvalue weighted by atomic mass is 16.5. The lowest BCUT2D eigenvalue weighted by Crippen LogP contribution is -2.39. The molecule has 0 spiro atoms. The number of ketones is 1. The Morgan fingerprint density at radius 1 is 1.06 bits per heavy atom. The molecule has 1 aromatic rings. The molecule has 0 bridgehead atoms. The van der Waals surface area contributed by atoms with Crippen molar-refractivity contribution in [3.8, 4) is 11.5 Å². The Bertz CT molecular complexity index is 1010. The van der Waals surface area contributed by atoms with Crippen LogP contribution < -0.4 is 14.8 Å². The van der Waals surface area contributed by atoms with Crippen LogP contribution in [0.2, 0.25) is 0 Å². The van der Waals surface area contributed by atoms with Crippen molar-refractivity contribution in [1.82, 2.24) is 5.32 Å². The Hall–Kier alpha value is -2.76. The monoisotopic (exact) mass is 453 g/mol. The van der Waals surface area contributed by atoms with Crippen LogP contribution in [-0.4, -0.2) is 32.1 Å². The zero-order valence-electron chi connectivity index (χ0n) is 20.4. The van der Waals surface area contributed by atoms with Crippen LogP contribution in [0.3, 0.4) is 0 Å². The van der Waals surface area contributed by atoms with E-state index in [1.807, 2.05) is 19.1 Å². The van der Waals surface area contributed by atoms with Crippen LogP contribution in [0.25, 0.3) is 0 Å². The molecule has 33 heavy (non-hydrogen) atoms. The van der Waals surface area contributed by atoms with Crippen molar-refractivity contribution in [2.45, 2.75) is 77.7 Å². The summed E-state index contributed by atoms with van der Waals surface area (Å²) in [6.07, 6.45) is 6.23. The summed E-state index contributed by atoms with van der Waals surface area (Å²) in [4.78, 5) is 27.0. The molecule has 0 amide bonds. The Morgan fingerprint density at radius 2 is 1.79 bits per heavy atom. The molecule has 4 rings (SSSR count). The van der Waals surface area contributed by atoms with Gasteiger partial charge in [-0.05, 0) is 50.5 Å². The third-order valence-electron chi connectivity index (χ3n) is 7.04. The number of nitrogens with one attached hydrogen (secondary N) is 1. The number of ether oxygens (including phenoxy) is 3. The van der Waals surface area contributed by atoms with Gasteiger partial charge in [0.05, 0.1) is 25.7 Å². The normalized spacial score (nSPS) is 23.1. The predicted octanol–water partition coefficient (Wildman–Crippen LogP) is 5.18. The van der Waals surface area contributed by atoms with E-state index in [4.69, 9.17) is 14.2 Å². The Morgan fingerprint density at radius 3 is 2.45 bits per heavy atom. The van der Waals surface area contributed by atoms with Gasteiger partial charge in [-0.25, -0.2) is 4.79 Å². The van der Waals surface area contributed by atoms with Crippen molar-refractivity contribution in [3.05, 3.63) is 46.3 Å². The summed E-state index contributed by atoms with van der Waals surface area (Å²) in [5.74, 6) is 0.413. The maximum absolute atomic E-state index is 13.6.